The minimum absolute atomic E-state index is 0.218. The second kappa shape index (κ2) is 3.79. The van der Waals surface area contributed by atoms with Gasteiger partial charge in [-0.2, -0.15) is 0 Å². The number of nitrogens with zero attached hydrogens (tertiary/aromatic N) is 1. The highest BCUT2D eigenvalue weighted by molar-refractivity contribution is 5.91. The third kappa shape index (κ3) is 1.62. The molecule has 3 fully saturated rings. The van der Waals surface area contributed by atoms with Gasteiger partial charge in [0, 0.05) is 6.54 Å². The SMILES string of the molecule is O=C(N1C[C@H]2C[C@H]1CO2)C1(c2ccc(F)cc2)CC1. The molecule has 2 aliphatic heterocycles. The van der Waals surface area contributed by atoms with E-state index in [-0.39, 0.29) is 29.3 Å². The van der Waals surface area contributed by atoms with Crippen LogP contribution in [0.2, 0.25) is 0 Å². The number of amides is 1. The minimum atomic E-state index is -0.377. The van der Waals surface area contributed by atoms with Gasteiger partial charge < -0.3 is 9.64 Å². The van der Waals surface area contributed by atoms with Crippen molar-refractivity contribution >= 4 is 5.91 Å². The van der Waals surface area contributed by atoms with Crippen LogP contribution in [0.3, 0.4) is 0 Å². The molecule has 4 heteroatoms. The van der Waals surface area contributed by atoms with Crippen LogP contribution < -0.4 is 0 Å². The zero-order valence-electron chi connectivity index (χ0n) is 10.6. The maximum Gasteiger partial charge on any atom is 0.233 e. The Morgan fingerprint density at radius 2 is 2.05 bits per heavy atom. The molecule has 19 heavy (non-hydrogen) atoms. The molecule has 2 bridgehead atoms. The fourth-order valence-corrected chi connectivity index (χ4v) is 3.44. The van der Waals surface area contributed by atoms with Crippen molar-refractivity contribution in [2.24, 2.45) is 0 Å². The molecule has 3 nitrogen and oxygen atoms in total. The van der Waals surface area contributed by atoms with Crippen molar-refractivity contribution in [1.29, 1.82) is 0 Å². The van der Waals surface area contributed by atoms with Crippen LogP contribution in [0.5, 0.6) is 0 Å². The maximum atomic E-state index is 13.0. The zero-order chi connectivity index (χ0) is 13.0. The summed E-state index contributed by atoms with van der Waals surface area (Å²) in [4.78, 5) is 14.8. The van der Waals surface area contributed by atoms with Crippen molar-refractivity contribution in [3.63, 3.8) is 0 Å². The summed E-state index contributed by atoms with van der Waals surface area (Å²) in [5.41, 5.74) is 0.584. The van der Waals surface area contributed by atoms with Gasteiger partial charge in [0.15, 0.2) is 0 Å². The first-order valence-corrected chi connectivity index (χ1v) is 6.88. The van der Waals surface area contributed by atoms with Gasteiger partial charge >= 0.3 is 0 Å². The van der Waals surface area contributed by atoms with Crippen LogP contribution in [0.25, 0.3) is 0 Å². The Hall–Kier alpha value is -1.42. The molecule has 100 valence electrons. The fourth-order valence-electron chi connectivity index (χ4n) is 3.44. The molecule has 1 amide bonds. The number of carbonyl (C=O) groups excluding carboxylic acids is 1. The molecule has 1 aromatic carbocycles. The number of ether oxygens (including phenoxy) is 1. The van der Waals surface area contributed by atoms with Crippen LogP contribution in [0.1, 0.15) is 24.8 Å². The highest BCUT2D eigenvalue weighted by Gasteiger charge is 2.56. The van der Waals surface area contributed by atoms with Gasteiger partial charge in [-0.15, -0.1) is 0 Å². The Morgan fingerprint density at radius 3 is 2.58 bits per heavy atom. The van der Waals surface area contributed by atoms with Crippen molar-refractivity contribution in [3.05, 3.63) is 35.6 Å². The molecule has 0 unspecified atom stereocenters. The van der Waals surface area contributed by atoms with Crippen LogP contribution in [-0.2, 0) is 14.9 Å². The predicted molar refractivity (Wildman–Crippen MR) is 67.2 cm³/mol. The smallest absolute Gasteiger partial charge is 0.233 e. The molecule has 1 aromatic rings. The van der Waals surface area contributed by atoms with Crippen molar-refractivity contribution < 1.29 is 13.9 Å². The van der Waals surface area contributed by atoms with Crippen LogP contribution >= 0.6 is 0 Å². The molecule has 1 aliphatic carbocycles. The average Bonchev–Trinajstić information content (AvgIpc) is 2.96. The summed E-state index contributed by atoms with van der Waals surface area (Å²) in [6.07, 6.45) is 2.97. The van der Waals surface area contributed by atoms with Gasteiger partial charge in [-0.1, -0.05) is 12.1 Å². The standard InChI is InChI=1S/C15H16FNO2/c16-11-3-1-10(2-4-11)15(5-6-15)14(18)17-8-13-7-12(17)9-19-13/h1-4,12-13H,5-9H2/t12-,13+/m0/s1. The predicted octanol–water partition coefficient (Wildman–Crippen LogP) is 1.86. The van der Waals surface area contributed by atoms with Crippen LogP contribution in [0.4, 0.5) is 4.39 Å². The molecule has 0 aromatic heterocycles. The number of fused-ring (bicyclic) bond motifs is 2. The average molecular weight is 261 g/mol. The van der Waals surface area contributed by atoms with Crippen molar-refractivity contribution in [3.8, 4) is 0 Å². The third-order valence-corrected chi connectivity index (χ3v) is 4.72. The fraction of sp³-hybridized carbons (Fsp3) is 0.533. The third-order valence-electron chi connectivity index (χ3n) is 4.72. The largest absolute Gasteiger partial charge is 0.374 e. The van der Waals surface area contributed by atoms with E-state index in [0.717, 1.165) is 31.4 Å². The van der Waals surface area contributed by atoms with E-state index in [4.69, 9.17) is 4.74 Å². The molecule has 1 saturated carbocycles. The normalized spacial score (nSPS) is 30.7. The lowest BCUT2D eigenvalue weighted by Gasteiger charge is -2.31. The molecular formula is C15H16FNO2. The minimum Gasteiger partial charge on any atom is -0.374 e. The van der Waals surface area contributed by atoms with Crippen molar-refractivity contribution in [1.82, 2.24) is 4.90 Å². The molecular weight excluding hydrogens is 245 g/mol. The number of carbonyl (C=O) groups is 1. The molecule has 2 saturated heterocycles. The summed E-state index contributed by atoms with van der Waals surface area (Å²) in [7, 11) is 0. The molecule has 0 spiro atoms. The Kier molecular flexibility index (Phi) is 2.28. The number of hydrogen-bond acceptors (Lipinski definition) is 2. The highest BCUT2D eigenvalue weighted by Crippen LogP contribution is 2.50. The lowest BCUT2D eigenvalue weighted by Crippen LogP contribution is -2.46. The van der Waals surface area contributed by atoms with E-state index >= 15 is 0 Å². The monoisotopic (exact) mass is 261 g/mol. The summed E-state index contributed by atoms with van der Waals surface area (Å²) >= 11 is 0. The Balaban J connectivity index is 1.61. The highest BCUT2D eigenvalue weighted by atomic mass is 19.1. The summed E-state index contributed by atoms with van der Waals surface area (Å²) in [6.45, 7) is 1.41. The van der Waals surface area contributed by atoms with Gasteiger partial charge in [-0.25, -0.2) is 4.39 Å². The number of hydrogen-bond donors (Lipinski definition) is 0. The van der Waals surface area contributed by atoms with E-state index in [1.165, 1.54) is 12.1 Å². The first-order chi connectivity index (χ1) is 9.19. The van der Waals surface area contributed by atoms with Crippen LogP contribution in [0, 0.1) is 5.82 Å². The lowest BCUT2D eigenvalue weighted by atomic mass is 9.94. The van der Waals surface area contributed by atoms with Gasteiger partial charge in [-0.3, -0.25) is 4.79 Å². The van der Waals surface area contributed by atoms with Crippen LogP contribution in [0.15, 0.2) is 24.3 Å². The van der Waals surface area contributed by atoms with Gasteiger partial charge in [0.05, 0.1) is 24.2 Å². The van der Waals surface area contributed by atoms with E-state index in [1.807, 2.05) is 4.90 Å². The lowest BCUT2D eigenvalue weighted by molar-refractivity contribution is -0.138. The molecule has 0 radical (unpaired) electrons. The second-order valence-electron chi connectivity index (χ2n) is 5.89. The second-order valence-corrected chi connectivity index (χ2v) is 5.89. The first kappa shape index (κ1) is 11.4. The van der Waals surface area contributed by atoms with Crippen LogP contribution in [-0.4, -0.2) is 36.1 Å². The number of morpholine rings is 1. The number of rotatable bonds is 2. The van der Waals surface area contributed by atoms with Gasteiger partial charge in [-0.05, 0) is 37.0 Å². The van der Waals surface area contributed by atoms with Crippen molar-refractivity contribution in [2.45, 2.75) is 36.8 Å². The van der Waals surface area contributed by atoms with Crippen molar-refractivity contribution in [2.75, 3.05) is 13.2 Å². The van der Waals surface area contributed by atoms with E-state index in [9.17, 15) is 9.18 Å². The molecule has 2 atom stereocenters. The van der Waals surface area contributed by atoms with E-state index < -0.39 is 0 Å². The number of benzene rings is 1. The topological polar surface area (TPSA) is 29.5 Å². The quantitative estimate of drug-likeness (QED) is 0.813. The Morgan fingerprint density at radius 1 is 1.32 bits per heavy atom. The molecule has 4 rings (SSSR count). The molecule has 3 aliphatic rings. The Labute approximate surface area is 111 Å². The van der Waals surface area contributed by atoms with E-state index in [1.54, 1.807) is 12.1 Å². The van der Waals surface area contributed by atoms with Gasteiger partial charge in [0.25, 0.3) is 0 Å². The summed E-state index contributed by atoms with van der Waals surface area (Å²) in [5, 5.41) is 0. The summed E-state index contributed by atoms with van der Waals surface area (Å²) in [6, 6.07) is 6.66. The molecule has 0 N–H and O–H groups in total. The number of likely N-dealkylation sites (tertiary alicyclic amines) is 1. The van der Waals surface area contributed by atoms with Gasteiger partial charge in [0.1, 0.15) is 5.82 Å². The zero-order valence-corrected chi connectivity index (χ0v) is 10.6. The van der Waals surface area contributed by atoms with E-state index in [0.29, 0.717) is 6.61 Å². The first-order valence-electron chi connectivity index (χ1n) is 6.88. The maximum absolute atomic E-state index is 13.0. The Bertz CT molecular complexity index is 523. The number of halogens is 1. The molecule has 2 heterocycles. The van der Waals surface area contributed by atoms with E-state index in [2.05, 4.69) is 0 Å². The van der Waals surface area contributed by atoms with Gasteiger partial charge in [0.2, 0.25) is 5.91 Å². The summed E-state index contributed by atoms with van der Waals surface area (Å²) < 4.78 is 18.6. The summed E-state index contributed by atoms with van der Waals surface area (Å²) in [5.74, 6) is -0.0319.